The van der Waals surface area contributed by atoms with Gasteiger partial charge in [-0.2, -0.15) is 0 Å². The lowest BCUT2D eigenvalue weighted by molar-refractivity contribution is 0.0126. The second-order valence-corrected chi connectivity index (χ2v) is 12.9. The van der Waals surface area contributed by atoms with Gasteiger partial charge in [0.05, 0.1) is 17.8 Å². The summed E-state index contributed by atoms with van der Waals surface area (Å²) >= 11 is 0. The van der Waals surface area contributed by atoms with Gasteiger partial charge in [-0.3, -0.25) is 0 Å². The fourth-order valence-electron chi connectivity index (χ4n) is 6.36. The Hall–Kier alpha value is -0.160. The van der Waals surface area contributed by atoms with Gasteiger partial charge in [-0.15, -0.1) is 0 Å². The Morgan fingerprint density at radius 3 is 1.42 bits per heavy atom. The minimum Gasteiger partial charge on any atom is -0.396 e. The van der Waals surface area contributed by atoms with Gasteiger partial charge >= 0.3 is 0 Å². The number of unbranched alkanes of at least 4 members (excludes halogenated alkanes) is 2. The van der Waals surface area contributed by atoms with E-state index < -0.39 is 0 Å². The van der Waals surface area contributed by atoms with Crippen LogP contribution in [0.15, 0.2) is 0 Å². The highest BCUT2D eigenvalue weighted by atomic mass is 16.5. The molecular weight excluding hydrogens is 412 g/mol. The van der Waals surface area contributed by atoms with E-state index in [-0.39, 0.29) is 29.8 Å². The molecule has 2 aliphatic rings. The molecule has 0 bridgehead atoms. The predicted octanol–water partition coefficient (Wildman–Crippen LogP) is 6.50. The molecule has 33 heavy (non-hydrogen) atoms. The minimum atomic E-state index is -0.131. The van der Waals surface area contributed by atoms with Gasteiger partial charge in [0.1, 0.15) is 0 Å². The zero-order chi connectivity index (χ0) is 24.5. The molecule has 4 heteroatoms. The SMILES string of the molecule is COC(C)(C)CCCCC1CCC(CCCC2CCC(CCCCC(C)(C)CO)C2O)C1O. The smallest absolute Gasteiger partial charge is 0.0622 e. The van der Waals surface area contributed by atoms with Crippen LogP contribution in [0.1, 0.15) is 124 Å². The quantitative estimate of drug-likeness (QED) is 0.226. The first-order valence-corrected chi connectivity index (χ1v) is 14.1. The standard InChI is InChI=1S/C29H56O4/c1-28(2,21-30)19-8-6-11-22-15-17-24(26(22)31)13-10-14-25-18-16-23(27(25)32)12-7-9-20-29(3,4)33-5/h22-27,30-32H,6-21H2,1-5H3. The summed E-state index contributed by atoms with van der Waals surface area (Å²) in [5, 5.41) is 31.1. The van der Waals surface area contributed by atoms with Gasteiger partial charge in [-0.1, -0.05) is 46.0 Å². The van der Waals surface area contributed by atoms with Crippen LogP contribution in [0.3, 0.4) is 0 Å². The number of methoxy groups -OCH3 is 1. The second-order valence-electron chi connectivity index (χ2n) is 12.9. The van der Waals surface area contributed by atoms with Crippen LogP contribution >= 0.6 is 0 Å². The van der Waals surface area contributed by atoms with Crippen molar-refractivity contribution >= 4 is 0 Å². The fraction of sp³-hybridized carbons (Fsp3) is 1.00. The van der Waals surface area contributed by atoms with Crippen molar-refractivity contribution < 1.29 is 20.1 Å². The van der Waals surface area contributed by atoms with Crippen LogP contribution in [0.2, 0.25) is 0 Å². The molecule has 0 aromatic rings. The fourth-order valence-corrected chi connectivity index (χ4v) is 6.36. The molecule has 4 nitrogen and oxygen atoms in total. The predicted molar refractivity (Wildman–Crippen MR) is 137 cm³/mol. The maximum absolute atomic E-state index is 10.8. The summed E-state index contributed by atoms with van der Waals surface area (Å²) in [6.45, 7) is 8.80. The molecule has 0 heterocycles. The maximum Gasteiger partial charge on any atom is 0.0622 e. The Labute approximate surface area is 204 Å². The zero-order valence-corrected chi connectivity index (χ0v) is 22.5. The first-order valence-electron chi connectivity index (χ1n) is 14.1. The highest BCUT2D eigenvalue weighted by Crippen LogP contribution is 2.41. The molecule has 0 spiro atoms. The topological polar surface area (TPSA) is 69.9 Å². The van der Waals surface area contributed by atoms with Crippen molar-refractivity contribution in [3.63, 3.8) is 0 Å². The van der Waals surface area contributed by atoms with Crippen molar-refractivity contribution in [3.8, 4) is 0 Å². The van der Waals surface area contributed by atoms with Gasteiger partial charge in [0.2, 0.25) is 0 Å². The lowest BCUT2D eigenvalue weighted by atomic mass is 9.86. The van der Waals surface area contributed by atoms with Gasteiger partial charge in [-0.25, -0.2) is 0 Å². The Morgan fingerprint density at radius 2 is 1.03 bits per heavy atom. The molecule has 0 aromatic heterocycles. The van der Waals surface area contributed by atoms with Crippen molar-refractivity contribution in [2.45, 2.75) is 142 Å². The lowest BCUT2D eigenvalue weighted by Crippen LogP contribution is -2.23. The third-order valence-corrected chi connectivity index (χ3v) is 9.16. The number of rotatable bonds is 16. The molecule has 0 aromatic carbocycles. The molecule has 6 unspecified atom stereocenters. The second kappa shape index (κ2) is 13.8. The number of hydrogen-bond acceptors (Lipinski definition) is 4. The van der Waals surface area contributed by atoms with E-state index in [0.29, 0.717) is 23.7 Å². The summed E-state index contributed by atoms with van der Waals surface area (Å²) in [6.07, 6.45) is 16.9. The molecule has 2 fully saturated rings. The van der Waals surface area contributed by atoms with Crippen molar-refractivity contribution in [3.05, 3.63) is 0 Å². The number of aliphatic hydroxyl groups excluding tert-OH is 3. The molecule has 0 amide bonds. The summed E-state index contributed by atoms with van der Waals surface area (Å²) in [6, 6.07) is 0. The van der Waals surface area contributed by atoms with Crippen molar-refractivity contribution in [2.75, 3.05) is 13.7 Å². The van der Waals surface area contributed by atoms with E-state index in [1.807, 2.05) is 0 Å². The average molecular weight is 469 g/mol. The number of hydrogen-bond donors (Lipinski definition) is 3. The molecule has 6 atom stereocenters. The monoisotopic (exact) mass is 468 g/mol. The van der Waals surface area contributed by atoms with Crippen LogP contribution in [0.4, 0.5) is 0 Å². The highest BCUT2D eigenvalue weighted by Gasteiger charge is 2.36. The van der Waals surface area contributed by atoms with E-state index in [2.05, 4.69) is 27.7 Å². The molecule has 3 N–H and O–H groups in total. The molecule has 0 radical (unpaired) electrons. The molecular formula is C29H56O4. The summed E-state index contributed by atoms with van der Waals surface area (Å²) in [5.41, 5.74) is -0.000954. The minimum absolute atomic E-state index is 0.0293. The van der Waals surface area contributed by atoms with Crippen molar-refractivity contribution in [1.29, 1.82) is 0 Å². The van der Waals surface area contributed by atoms with Gasteiger partial charge in [0, 0.05) is 13.7 Å². The molecule has 2 saturated carbocycles. The van der Waals surface area contributed by atoms with Crippen LogP contribution in [-0.4, -0.2) is 46.8 Å². The zero-order valence-electron chi connectivity index (χ0n) is 22.5. The first-order chi connectivity index (χ1) is 15.6. The van der Waals surface area contributed by atoms with Gasteiger partial charge in [0.15, 0.2) is 0 Å². The van der Waals surface area contributed by atoms with E-state index >= 15 is 0 Å². The van der Waals surface area contributed by atoms with E-state index in [4.69, 9.17) is 4.74 Å². The summed E-state index contributed by atoms with van der Waals surface area (Å²) < 4.78 is 5.51. The third-order valence-electron chi connectivity index (χ3n) is 9.16. The van der Waals surface area contributed by atoms with E-state index in [1.54, 1.807) is 7.11 Å². The third kappa shape index (κ3) is 9.78. The average Bonchev–Trinajstić information content (AvgIpc) is 3.31. The Balaban J connectivity index is 1.58. The number of aliphatic hydroxyl groups is 3. The maximum atomic E-state index is 10.8. The van der Waals surface area contributed by atoms with Crippen molar-refractivity contribution in [1.82, 2.24) is 0 Å². The normalized spacial score (nSPS) is 30.9. The number of ether oxygens (including phenoxy) is 1. The molecule has 0 saturated heterocycles. The molecule has 2 rings (SSSR count). The van der Waals surface area contributed by atoms with Crippen LogP contribution in [0, 0.1) is 29.1 Å². The largest absolute Gasteiger partial charge is 0.396 e. The van der Waals surface area contributed by atoms with E-state index in [9.17, 15) is 15.3 Å². The van der Waals surface area contributed by atoms with Gasteiger partial charge < -0.3 is 20.1 Å². The summed E-state index contributed by atoms with van der Waals surface area (Å²) in [7, 11) is 1.79. The molecule has 196 valence electrons. The van der Waals surface area contributed by atoms with E-state index in [0.717, 1.165) is 57.8 Å². The summed E-state index contributed by atoms with van der Waals surface area (Å²) in [5.74, 6) is 1.88. The van der Waals surface area contributed by atoms with Crippen LogP contribution in [-0.2, 0) is 4.74 Å². The van der Waals surface area contributed by atoms with Crippen LogP contribution in [0.25, 0.3) is 0 Å². The van der Waals surface area contributed by atoms with Gasteiger partial charge in [0.25, 0.3) is 0 Å². The molecule has 2 aliphatic carbocycles. The Kier molecular flexibility index (Phi) is 12.2. The Morgan fingerprint density at radius 1 is 0.636 bits per heavy atom. The lowest BCUT2D eigenvalue weighted by Gasteiger charge is -2.24. The van der Waals surface area contributed by atoms with Crippen LogP contribution in [0.5, 0.6) is 0 Å². The summed E-state index contributed by atoms with van der Waals surface area (Å²) in [4.78, 5) is 0. The van der Waals surface area contributed by atoms with E-state index in [1.165, 1.54) is 38.5 Å². The first kappa shape index (κ1) is 29.1. The van der Waals surface area contributed by atoms with Crippen molar-refractivity contribution in [2.24, 2.45) is 29.1 Å². The molecule has 0 aliphatic heterocycles. The highest BCUT2D eigenvalue weighted by molar-refractivity contribution is 4.87. The Bertz CT molecular complexity index is 486. The van der Waals surface area contributed by atoms with Crippen LogP contribution < -0.4 is 0 Å². The van der Waals surface area contributed by atoms with Gasteiger partial charge in [-0.05, 0) is 107 Å².